The number of alkyl halides is 1. The molecule has 0 amide bonds. The molecule has 0 unspecified atom stereocenters. The highest BCUT2D eigenvalue weighted by molar-refractivity contribution is 4.93. The quantitative estimate of drug-likeness (QED) is 0.286. The molecule has 0 spiro atoms. The summed E-state index contributed by atoms with van der Waals surface area (Å²) in [5.41, 5.74) is 0. The van der Waals surface area contributed by atoms with E-state index in [1.165, 1.54) is 77.0 Å². The van der Waals surface area contributed by atoms with Crippen molar-refractivity contribution in [2.24, 2.45) is 29.6 Å². The van der Waals surface area contributed by atoms with Gasteiger partial charge in [0.15, 0.2) is 0 Å². The molecule has 0 aliphatic heterocycles. The summed E-state index contributed by atoms with van der Waals surface area (Å²) in [4.78, 5) is 0. The molecule has 3 rings (SSSR count). The zero-order valence-corrected chi connectivity index (χ0v) is 18.4. The van der Waals surface area contributed by atoms with Gasteiger partial charge in [-0.1, -0.05) is 18.6 Å². The van der Waals surface area contributed by atoms with E-state index >= 15 is 0 Å². The van der Waals surface area contributed by atoms with Crippen LogP contribution in [0.25, 0.3) is 0 Å². The van der Waals surface area contributed by atoms with Crippen molar-refractivity contribution in [1.82, 2.24) is 0 Å². The molecule has 0 heterocycles. The molecule has 3 fully saturated rings. The summed E-state index contributed by atoms with van der Waals surface area (Å²) in [6.45, 7) is -0.148. The molecule has 0 bridgehead atoms. The lowest BCUT2D eigenvalue weighted by Gasteiger charge is -2.41. The molecule has 0 N–H and O–H groups in total. The third-order valence-corrected chi connectivity index (χ3v) is 8.43. The van der Waals surface area contributed by atoms with Gasteiger partial charge in [0.2, 0.25) is 0 Å². The standard InChI is InChI=1S/C26H45FO/c1-28-26-18-16-25(17-19-26)24-14-12-23(13-15-24)22-10-8-21(9-11-22)7-5-3-2-4-6-20-27/h5,7,21-26H,2-4,6,8-20H2,1H3. The van der Waals surface area contributed by atoms with Gasteiger partial charge < -0.3 is 4.74 Å². The summed E-state index contributed by atoms with van der Waals surface area (Å²) in [7, 11) is 1.88. The Morgan fingerprint density at radius 3 is 1.68 bits per heavy atom. The lowest BCUT2D eigenvalue weighted by Crippen LogP contribution is -2.30. The van der Waals surface area contributed by atoms with E-state index in [1.54, 1.807) is 0 Å². The van der Waals surface area contributed by atoms with E-state index in [-0.39, 0.29) is 6.67 Å². The summed E-state index contributed by atoms with van der Waals surface area (Å²) in [5, 5.41) is 0. The molecule has 1 nitrogen and oxygen atoms in total. The molecular formula is C26H45FO. The summed E-state index contributed by atoms with van der Waals surface area (Å²) >= 11 is 0. The van der Waals surface area contributed by atoms with Crippen molar-refractivity contribution < 1.29 is 9.13 Å². The topological polar surface area (TPSA) is 9.23 Å². The van der Waals surface area contributed by atoms with Gasteiger partial charge in [0.25, 0.3) is 0 Å². The lowest BCUT2D eigenvalue weighted by atomic mass is 9.65. The van der Waals surface area contributed by atoms with Crippen LogP contribution in [0.4, 0.5) is 4.39 Å². The molecule has 0 aromatic carbocycles. The molecule has 0 aromatic heterocycles. The highest BCUT2D eigenvalue weighted by atomic mass is 19.1. The molecule has 0 aromatic rings. The van der Waals surface area contributed by atoms with Crippen LogP contribution in [0.1, 0.15) is 103 Å². The Hall–Kier alpha value is -0.370. The molecule has 0 atom stereocenters. The van der Waals surface area contributed by atoms with Gasteiger partial charge in [-0.2, -0.15) is 0 Å². The van der Waals surface area contributed by atoms with Crippen molar-refractivity contribution in [3.8, 4) is 0 Å². The lowest BCUT2D eigenvalue weighted by molar-refractivity contribution is 0.0359. The Bertz CT molecular complexity index is 424. The van der Waals surface area contributed by atoms with Gasteiger partial charge in [-0.3, -0.25) is 4.39 Å². The molecule has 3 aliphatic carbocycles. The van der Waals surface area contributed by atoms with E-state index < -0.39 is 0 Å². The molecule has 162 valence electrons. The smallest absolute Gasteiger partial charge is 0.0894 e. The van der Waals surface area contributed by atoms with Gasteiger partial charge in [-0.25, -0.2) is 0 Å². The Balaban J connectivity index is 1.29. The number of hydrogen-bond donors (Lipinski definition) is 0. The number of methoxy groups -OCH3 is 1. The molecule has 0 saturated heterocycles. The molecule has 3 aliphatic rings. The Morgan fingerprint density at radius 1 is 0.679 bits per heavy atom. The van der Waals surface area contributed by atoms with Gasteiger partial charge in [0, 0.05) is 7.11 Å². The molecule has 0 radical (unpaired) electrons. The van der Waals surface area contributed by atoms with Crippen LogP contribution in [-0.4, -0.2) is 19.9 Å². The van der Waals surface area contributed by atoms with E-state index in [1.807, 2.05) is 7.11 Å². The Kier molecular flexibility index (Phi) is 9.85. The average Bonchev–Trinajstić information content (AvgIpc) is 2.77. The first-order valence-corrected chi connectivity index (χ1v) is 12.6. The first-order valence-electron chi connectivity index (χ1n) is 12.6. The van der Waals surface area contributed by atoms with Crippen LogP contribution >= 0.6 is 0 Å². The normalized spacial score (nSPS) is 37.4. The fraction of sp³-hybridized carbons (Fsp3) is 0.923. The number of hydrogen-bond acceptors (Lipinski definition) is 1. The van der Waals surface area contributed by atoms with Crippen molar-refractivity contribution in [3.05, 3.63) is 12.2 Å². The number of ether oxygens (including phenoxy) is 1. The zero-order valence-electron chi connectivity index (χ0n) is 18.4. The van der Waals surface area contributed by atoms with Gasteiger partial charge in [-0.05, 0) is 126 Å². The van der Waals surface area contributed by atoms with E-state index in [4.69, 9.17) is 4.74 Å². The van der Waals surface area contributed by atoms with Crippen molar-refractivity contribution in [1.29, 1.82) is 0 Å². The first-order chi connectivity index (χ1) is 13.8. The van der Waals surface area contributed by atoms with E-state index in [2.05, 4.69) is 12.2 Å². The van der Waals surface area contributed by atoms with Crippen molar-refractivity contribution in [2.75, 3.05) is 13.8 Å². The third kappa shape index (κ3) is 6.85. The van der Waals surface area contributed by atoms with Crippen molar-refractivity contribution >= 4 is 0 Å². The zero-order chi connectivity index (χ0) is 19.6. The van der Waals surface area contributed by atoms with E-state index in [0.29, 0.717) is 6.10 Å². The summed E-state index contributed by atoms with van der Waals surface area (Å²) in [6, 6.07) is 0. The SMILES string of the molecule is COC1CCC(C2CCC(C3CCC(C=CCCCCCF)CC3)CC2)CC1. The minimum absolute atomic E-state index is 0.148. The van der Waals surface area contributed by atoms with Crippen LogP contribution in [0.15, 0.2) is 12.2 Å². The Labute approximate surface area is 173 Å². The monoisotopic (exact) mass is 392 g/mol. The third-order valence-electron chi connectivity index (χ3n) is 8.43. The molecule has 28 heavy (non-hydrogen) atoms. The van der Waals surface area contributed by atoms with Crippen LogP contribution in [0, 0.1) is 29.6 Å². The van der Waals surface area contributed by atoms with Crippen LogP contribution < -0.4 is 0 Å². The summed E-state index contributed by atoms with van der Waals surface area (Å²) in [5.74, 6) is 4.88. The summed E-state index contributed by atoms with van der Waals surface area (Å²) < 4.78 is 17.7. The maximum atomic E-state index is 12.1. The number of rotatable bonds is 9. The summed E-state index contributed by atoms with van der Waals surface area (Å²) in [6.07, 6.45) is 26.7. The minimum Gasteiger partial charge on any atom is -0.381 e. The van der Waals surface area contributed by atoms with Crippen LogP contribution in [0.3, 0.4) is 0 Å². The van der Waals surface area contributed by atoms with Crippen LogP contribution in [0.5, 0.6) is 0 Å². The van der Waals surface area contributed by atoms with Gasteiger partial charge in [0.1, 0.15) is 0 Å². The second-order valence-electron chi connectivity index (χ2n) is 10.1. The maximum absolute atomic E-state index is 12.1. The molecular weight excluding hydrogens is 347 g/mol. The number of allylic oxidation sites excluding steroid dienone is 2. The maximum Gasteiger partial charge on any atom is 0.0894 e. The average molecular weight is 393 g/mol. The number of unbranched alkanes of at least 4 members (excludes halogenated alkanes) is 3. The van der Waals surface area contributed by atoms with Crippen LogP contribution in [-0.2, 0) is 4.74 Å². The van der Waals surface area contributed by atoms with E-state index in [0.717, 1.165) is 55.3 Å². The first kappa shape index (κ1) is 22.3. The second kappa shape index (κ2) is 12.4. The molecule has 3 saturated carbocycles. The van der Waals surface area contributed by atoms with Gasteiger partial charge in [-0.15, -0.1) is 0 Å². The minimum atomic E-state index is -0.148. The highest BCUT2D eigenvalue weighted by Crippen LogP contribution is 2.45. The number of halogens is 1. The molecule has 2 heteroatoms. The second-order valence-corrected chi connectivity index (χ2v) is 10.1. The Morgan fingerprint density at radius 2 is 1.18 bits per heavy atom. The highest BCUT2D eigenvalue weighted by Gasteiger charge is 2.34. The predicted octanol–water partition coefficient (Wildman–Crippen LogP) is 7.89. The van der Waals surface area contributed by atoms with Gasteiger partial charge >= 0.3 is 0 Å². The van der Waals surface area contributed by atoms with Crippen molar-refractivity contribution in [2.45, 2.75) is 109 Å². The van der Waals surface area contributed by atoms with Gasteiger partial charge in [0.05, 0.1) is 12.8 Å². The predicted molar refractivity (Wildman–Crippen MR) is 117 cm³/mol. The fourth-order valence-corrected chi connectivity index (χ4v) is 6.51. The largest absolute Gasteiger partial charge is 0.381 e. The van der Waals surface area contributed by atoms with Crippen LogP contribution in [0.2, 0.25) is 0 Å². The van der Waals surface area contributed by atoms with E-state index in [9.17, 15) is 4.39 Å². The van der Waals surface area contributed by atoms with Crippen molar-refractivity contribution in [3.63, 3.8) is 0 Å². The fourth-order valence-electron chi connectivity index (χ4n) is 6.51.